The lowest BCUT2D eigenvalue weighted by Crippen LogP contribution is -2.04. The highest BCUT2D eigenvalue weighted by Crippen LogP contribution is 2.30. The van der Waals surface area contributed by atoms with Gasteiger partial charge in [0.05, 0.1) is 9.79 Å². The second-order valence-corrected chi connectivity index (χ2v) is 6.32. The van der Waals surface area contributed by atoms with E-state index in [-0.39, 0.29) is 21.3 Å². The Bertz CT molecular complexity index is 716. The molecule has 0 unspecified atom stereocenters. The smallest absolute Gasteiger partial charge is 0.207 e. The Labute approximate surface area is 111 Å². The van der Waals surface area contributed by atoms with E-state index < -0.39 is 9.84 Å². The number of aromatic hydroxyl groups is 2. The number of phenolic OH excluding ortho intramolecular Hbond substituents is 2. The zero-order chi connectivity index (χ0) is 14.2. The topological polar surface area (TPSA) is 74.6 Å². The molecule has 0 radical (unpaired) electrons. The van der Waals surface area contributed by atoms with Crippen molar-refractivity contribution < 1.29 is 18.6 Å². The van der Waals surface area contributed by atoms with Gasteiger partial charge in [0.25, 0.3) is 0 Å². The van der Waals surface area contributed by atoms with Crippen LogP contribution in [0, 0.1) is 13.8 Å². The molecule has 4 nitrogen and oxygen atoms in total. The molecule has 2 aromatic rings. The second-order valence-electron chi connectivity index (χ2n) is 4.40. The Morgan fingerprint density at radius 3 is 2.11 bits per heavy atom. The molecule has 0 atom stereocenters. The second kappa shape index (κ2) is 4.59. The summed E-state index contributed by atoms with van der Waals surface area (Å²) in [6.45, 7) is 3.27. The average molecular weight is 278 g/mol. The molecular weight excluding hydrogens is 264 g/mol. The monoisotopic (exact) mass is 278 g/mol. The number of benzene rings is 2. The SMILES string of the molecule is Cc1cc(O)c(C)c(S(=O)(=O)c2ccc(O)cc2)c1. The first-order valence-electron chi connectivity index (χ1n) is 5.66. The van der Waals surface area contributed by atoms with Crippen LogP contribution in [-0.4, -0.2) is 18.6 Å². The van der Waals surface area contributed by atoms with Gasteiger partial charge in [-0.3, -0.25) is 0 Å². The van der Waals surface area contributed by atoms with Gasteiger partial charge in [-0.05, 0) is 55.8 Å². The summed E-state index contributed by atoms with van der Waals surface area (Å²) < 4.78 is 25.0. The summed E-state index contributed by atoms with van der Waals surface area (Å²) in [7, 11) is -3.70. The van der Waals surface area contributed by atoms with Crippen LogP contribution in [0.15, 0.2) is 46.2 Å². The van der Waals surface area contributed by atoms with Crippen molar-refractivity contribution in [2.75, 3.05) is 0 Å². The van der Waals surface area contributed by atoms with E-state index in [1.165, 1.54) is 36.4 Å². The van der Waals surface area contributed by atoms with Gasteiger partial charge in [-0.1, -0.05) is 0 Å². The van der Waals surface area contributed by atoms with Gasteiger partial charge in [-0.25, -0.2) is 8.42 Å². The molecule has 0 fully saturated rings. The molecule has 0 bridgehead atoms. The van der Waals surface area contributed by atoms with E-state index in [9.17, 15) is 18.6 Å². The maximum Gasteiger partial charge on any atom is 0.207 e. The highest BCUT2D eigenvalue weighted by atomic mass is 32.2. The lowest BCUT2D eigenvalue weighted by molar-refractivity contribution is 0.467. The molecule has 100 valence electrons. The van der Waals surface area contributed by atoms with Crippen LogP contribution in [0.1, 0.15) is 11.1 Å². The third-order valence-electron chi connectivity index (χ3n) is 2.91. The first-order valence-corrected chi connectivity index (χ1v) is 7.15. The standard InChI is InChI=1S/C14H14O4S/c1-9-7-13(16)10(2)14(8-9)19(17,18)12-5-3-11(15)4-6-12/h3-8,15-16H,1-2H3. The molecule has 0 amide bonds. The number of hydrogen-bond acceptors (Lipinski definition) is 4. The summed E-state index contributed by atoms with van der Waals surface area (Å²) >= 11 is 0. The molecular formula is C14H14O4S. The zero-order valence-electron chi connectivity index (χ0n) is 10.6. The number of aryl methyl sites for hydroxylation is 1. The molecule has 5 heteroatoms. The molecule has 0 aliphatic heterocycles. The van der Waals surface area contributed by atoms with Gasteiger partial charge < -0.3 is 10.2 Å². The van der Waals surface area contributed by atoms with Crippen LogP contribution in [0.3, 0.4) is 0 Å². The summed E-state index contributed by atoms with van der Waals surface area (Å²) in [4.78, 5) is 0.161. The minimum atomic E-state index is -3.70. The summed E-state index contributed by atoms with van der Waals surface area (Å²) in [5, 5.41) is 18.9. The molecule has 0 saturated carbocycles. The number of rotatable bonds is 2. The summed E-state index contributed by atoms with van der Waals surface area (Å²) in [6.07, 6.45) is 0. The van der Waals surface area contributed by atoms with Gasteiger partial charge in [-0.15, -0.1) is 0 Å². The zero-order valence-corrected chi connectivity index (χ0v) is 11.4. The Morgan fingerprint density at radius 1 is 0.947 bits per heavy atom. The Balaban J connectivity index is 2.66. The Morgan fingerprint density at radius 2 is 1.53 bits per heavy atom. The average Bonchev–Trinajstić information content (AvgIpc) is 2.34. The largest absolute Gasteiger partial charge is 0.508 e. The Kier molecular flexibility index (Phi) is 3.24. The molecule has 2 N–H and O–H groups in total. The number of hydrogen-bond donors (Lipinski definition) is 2. The number of sulfone groups is 1. The van der Waals surface area contributed by atoms with Crippen LogP contribution in [0.2, 0.25) is 0 Å². The van der Waals surface area contributed by atoms with Gasteiger partial charge in [-0.2, -0.15) is 0 Å². The maximum absolute atomic E-state index is 12.5. The van der Waals surface area contributed by atoms with Gasteiger partial charge in [0.2, 0.25) is 9.84 Å². The molecule has 0 heterocycles. The van der Waals surface area contributed by atoms with Crippen LogP contribution in [0.4, 0.5) is 0 Å². The van der Waals surface area contributed by atoms with Gasteiger partial charge >= 0.3 is 0 Å². The third kappa shape index (κ3) is 2.42. The number of phenols is 2. The third-order valence-corrected chi connectivity index (χ3v) is 4.81. The van der Waals surface area contributed by atoms with Crippen LogP contribution >= 0.6 is 0 Å². The van der Waals surface area contributed by atoms with Crippen LogP contribution in [0.5, 0.6) is 11.5 Å². The maximum atomic E-state index is 12.5. The predicted molar refractivity (Wildman–Crippen MR) is 71.1 cm³/mol. The first-order chi connectivity index (χ1) is 8.82. The summed E-state index contributed by atoms with van der Waals surface area (Å²) in [6, 6.07) is 8.35. The normalized spacial score (nSPS) is 11.5. The van der Waals surface area contributed by atoms with Gasteiger partial charge in [0, 0.05) is 5.56 Å². The van der Waals surface area contributed by atoms with Crippen LogP contribution in [-0.2, 0) is 9.84 Å². The van der Waals surface area contributed by atoms with Crippen molar-refractivity contribution in [3.8, 4) is 11.5 Å². The Hall–Kier alpha value is -2.01. The summed E-state index contributed by atoms with van der Waals surface area (Å²) in [5.74, 6) is -0.0416. The predicted octanol–water partition coefficient (Wildman–Crippen LogP) is 2.55. The lowest BCUT2D eigenvalue weighted by atomic mass is 10.1. The highest BCUT2D eigenvalue weighted by molar-refractivity contribution is 7.91. The van der Waals surface area contributed by atoms with E-state index in [1.54, 1.807) is 13.8 Å². The molecule has 2 aromatic carbocycles. The van der Waals surface area contributed by atoms with E-state index in [0.29, 0.717) is 11.1 Å². The van der Waals surface area contributed by atoms with Gasteiger partial charge in [0.1, 0.15) is 11.5 Å². The molecule has 0 aliphatic carbocycles. The first kappa shape index (κ1) is 13.4. The molecule has 0 spiro atoms. The minimum absolute atomic E-state index is 0.00256. The van der Waals surface area contributed by atoms with Crippen LogP contribution < -0.4 is 0 Å². The van der Waals surface area contributed by atoms with Crippen molar-refractivity contribution in [3.05, 3.63) is 47.5 Å². The van der Waals surface area contributed by atoms with E-state index >= 15 is 0 Å². The van der Waals surface area contributed by atoms with Crippen molar-refractivity contribution in [1.82, 2.24) is 0 Å². The van der Waals surface area contributed by atoms with Crippen molar-refractivity contribution in [1.29, 1.82) is 0 Å². The summed E-state index contributed by atoms with van der Waals surface area (Å²) in [5.41, 5.74) is 0.985. The van der Waals surface area contributed by atoms with E-state index in [0.717, 1.165) is 0 Å². The van der Waals surface area contributed by atoms with E-state index in [1.807, 2.05) is 0 Å². The molecule has 0 aliphatic rings. The lowest BCUT2D eigenvalue weighted by Gasteiger charge is -2.10. The van der Waals surface area contributed by atoms with Crippen molar-refractivity contribution in [2.45, 2.75) is 23.6 Å². The minimum Gasteiger partial charge on any atom is -0.508 e. The van der Waals surface area contributed by atoms with Crippen molar-refractivity contribution in [3.63, 3.8) is 0 Å². The molecule has 19 heavy (non-hydrogen) atoms. The van der Waals surface area contributed by atoms with Crippen molar-refractivity contribution >= 4 is 9.84 Å². The van der Waals surface area contributed by atoms with E-state index in [4.69, 9.17) is 0 Å². The van der Waals surface area contributed by atoms with Crippen molar-refractivity contribution in [2.24, 2.45) is 0 Å². The fourth-order valence-corrected chi connectivity index (χ4v) is 3.44. The van der Waals surface area contributed by atoms with E-state index in [2.05, 4.69) is 0 Å². The van der Waals surface area contributed by atoms with Crippen LogP contribution in [0.25, 0.3) is 0 Å². The van der Waals surface area contributed by atoms with Gasteiger partial charge in [0.15, 0.2) is 0 Å². The molecule has 0 aromatic heterocycles. The fourth-order valence-electron chi connectivity index (χ4n) is 1.84. The quantitative estimate of drug-likeness (QED) is 0.885. The fraction of sp³-hybridized carbons (Fsp3) is 0.143. The molecule has 2 rings (SSSR count). The molecule has 0 saturated heterocycles. The highest BCUT2D eigenvalue weighted by Gasteiger charge is 2.21.